The second-order valence-corrected chi connectivity index (χ2v) is 3.56. The number of aryl methyl sites for hydroxylation is 1. The molecular formula is C12H15N3O. The number of rotatable bonds is 3. The van der Waals surface area contributed by atoms with Crippen LogP contribution < -0.4 is 16.0 Å². The Labute approximate surface area is 94.4 Å². The van der Waals surface area contributed by atoms with Crippen LogP contribution in [0.15, 0.2) is 24.3 Å². The van der Waals surface area contributed by atoms with Crippen LogP contribution in [-0.2, 0) is 0 Å². The zero-order valence-corrected chi connectivity index (χ0v) is 9.45. The first-order valence-electron chi connectivity index (χ1n) is 5.26. The summed E-state index contributed by atoms with van der Waals surface area (Å²) < 4.78 is 5.53. The van der Waals surface area contributed by atoms with Crippen molar-refractivity contribution in [3.8, 4) is 5.75 Å². The third-order valence-electron chi connectivity index (χ3n) is 2.44. The molecule has 0 saturated heterocycles. The predicted octanol–water partition coefficient (Wildman–Crippen LogP) is 2.23. The normalized spacial score (nSPS) is 10.4. The summed E-state index contributed by atoms with van der Waals surface area (Å²) in [5.41, 5.74) is 4.44. The van der Waals surface area contributed by atoms with Crippen molar-refractivity contribution in [1.82, 2.24) is 4.98 Å². The number of para-hydroxylation sites is 1. The van der Waals surface area contributed by atoms with Gasteiger partial charge in [-0.25, -0.2) is 10.8 Å². The topological polar surface area (TPSA) is 60.2 Å². The lowest BCUT2D eigenvalue weighted by Crippen LogP contribution is -2.10. The van der Waals surface area contributed by atoms with Gasteiger partial charge in [0.1, 0.15) is 17.1 Å². The van der Waals surface area contributed by atoms with Crippen molar-refractivity contribution in [3.63, 3.8) is 0 Å². The molecule has 1 aromatic heterocycles. The van der Waals surface area contributed by atoms with Gasteiger partial charge >= 0.3 is 0 Å². The summed E-state index contributed by atoms with van der Waals surface area (Å²) in [6.07, 6.45) is 0. The molecule has 3 N–H and O–H groups in total. The molecule has 0 spiro atoms. The summed E-state index contributed by atoms with van der Waals surface area (Å²) in [4.78, 5) is 4.45. The Balaban J connectivity index is 2.66. The Bertz CT molecular complexity index is 511. The van der Waals surface area contributed by atoms with Crippen molar-refractivity contribution in [3.05, 3.63) is 29.8 Å². The van der Waals surface area contributed by atoms with Gasteiger partial charge in [0.05, 0.1) is 6.61 Å². The van der Waals surface area contributed by atoms with Crippen LogP contribution in [0, 0.1) is 6.92 Å². The first-order valence-corrected chi connectivity index (χ1v) is 5.26. The van der Waals surface area contributed by atoms with Gasteiger partial charge in [0.15, 0.2) is 0 Å². The van der Waals surface area contributed by atoms with Crippen molar-refractivity contribution >= 4 is 16.7 Å². The second kappa shape index (κ2) is 4.37. The fourth-order valence-corrected chi connectivity index (χ4v) is 1.70. The summed E-state index contributed by atoms with van der Waals surface area (Å²) >= 11 is 0. The molecule has 0 unspecified atom stereocenters. The Morgan fingerprint density at radius 2 is 2.25 bits per heavy atom. The second-order valence-electron chi connectivity index (χ2n) is 3.56. The maximum atomic E-state index is 5.53. The molecule has 1 heterocycles. The van der Waals surface area contributed by atoms with Crippen LogP contribution in [-0.4, -0.2) is 11.6 Å². The molecular weight excluding hydrogens is 202 g/mol. The molecule has 4 heteroatoms. The van der Waals surface area contributed by atoms with E-state index < -0.39 is 0 Å². The monoisotopic (exact) mass is 217 g/mol. The third kappa shape index (κ3) is 1.79. The lowest BCUT2D eigenvalue weighted by atomic mass is 10.1. The van der Waals surface area contributed by atoms with E-state index in [1.54, 1.807) is 0 Å². The van der Waals surface area contributed by atoms with E-state index in [0.717, 1.165) is 22.2 Å². The van der Waals surface area contributed by atoms with Crippen molar-refractivity contribution in [2.45, 2.75) is 13.8 Å². The van der Waals surface area contributed by atoms with Gasteiger partial charge in [0, 0.05) is 5.39 Å². The van der Waals surface area contributed by atoms with Gasteiger partial charge in [0.2, 0.25) is 0 Å². The van der Waals surface area contributed by atoms with Crippen LogP contribution in [0.4, 0.5) is 5.82 Å². The standard InChI is InChI=1S/C12H15N3O/c1-3-16-10-6-4-5-9-7-8(2)12(15-13)14-11(9)10/h4-7H,3,13H2,1-2H3,(H,14,15). The lowest BCUT2D eigenvalue weighted by Gasteiger charge is -2.10. The highest BCUT2D eigenvalue weighted by Gasteiger charge is 2.06. The fourth-order valence-electron chi connectivity index (χ4n) is 1.70. The van der Waals surface area contributed by atoms with Gasteiger partial charge < -0.3 is 10.2 Å². The van der Waals surface area contributed by atoms with Crippen LogP contribution in [0.2, 0.25) is 0 Å². The minimum Gasteiger partial charge on any atom is -0.492 e. The molecule has 2 rings (SSSR count). The maximum Gasteiger partial charge on any atom is 0.145 e. The third-order valence-corrected chi connectivity index (χ3v) is 2.44. The van der Waals surface area contributed by atoms with E-state index in [-0.39, 0.29) is 0 Å². The van der Waals surface area contributed by atoms with Crippen LogP contribution in [0.25, 0.3) is 10.9 Å². The number of benzene rings is 1. The quantitative estimate of drug-likeness (QED) is 0.611. The number of hydrogen-bond donors (Lipinski definition) is 2. The van der Waals surface area contributed by atoms with Gasteiger partial charge in [-0.2, -0.15) is 0 Å². The highest BCUT2D eigenvalue weighted by Crippen LogP contribution is 2.27. The minimum atomic E-state index is 0.625. The van der Waals surface area contributed by atoms with E-state index in [4.69, 9.17) is 10.6 Å². The number of fused-ring (bicyclic) bond motifs is 1. The van der Waals surface area contributed by atoms with Crippen LogP contribution in [0.3, 0.4) is 0 Å². The largest absolute Gasteiger partial charge is 0.492 e. The summed E-state index contributed by atoms with van der Waals surface area (Å²) in [5, 5.41) is 1.06. The number of ether oxygens (including phenoxy) is 1. The van der Waals surface area contributed by atoms with Gasteiger partial charge in [0.25, 0.3) is 0 Å². The van der Waals surface area contributed by atoms with E-state index in [1.165, 1.54) is 0 Å². The molecule has 4 nitrogen and oxygen atoms in total. The molecule has 0 saturated carbocycles. The van der Waals surface area contributed by atoms with Crippen molar-refractivity contribution in [2.24, 2.45) is 5.84 Å². The number of pyridine rings is 1. The van der Waals surface area contributed by atoms with E-state index >= 15 is 0 Å². The molecule has 1 aromatic carbocycles. The van der Waals surface area contributed by atoms with Gasteiger partial charge in [-0.1, -0.05) is 12.1 Å². The Morgan fingerprint density at radius 3 is 2.94 bits per heavy atom. The average molecular weight is 217 g/mol. The number of nitrogens with one attached hydrogen (secondary N) is 1. The molecule has 84 valence electrons. The lowest BCUT2D eigenvalue weighted by molar-refractivity contribution is 0.343. The van der Waals surface area contributed by atoms with Crippen LogP contribution >= 0.6 is 0 Å². The molecule has 16 heavy (non-hydrogen) atoms. The van der Waals surface area contributed by atoms with Gasteiger partial charge in [-0.05, 0) is 31.5 Å². The number of hydrazine groups is 1. The van der Waals surface area contributed by atoms with E-state index in [0.29, 0.717) is 12.4 Å². The molecule has 0 aliphatic heterocycles. The van der Waals surface area contributed by atoms with Gasteiger partial charge in [-0.3, -0.25) is 0 Å². The molecule has 2 aromatic rings. The van der Waals surface area contributed by atoms with Crippen LogP contribution in [0.1, 0.15) is 12.5 Å². The number of nitrogens with two attached hydrogens (primary N) is 1. The molecule has 0 fully saturated rings. The molecule has 0 radical (unpaired) electrons. The highest BCUT2D eigenvalue weighted by atomic mass is 16.5. The number of hydrogen-bond acceptors (Lipinski definition) is 4. The first kappa shape index (κ1) is 10.7. The smallest absolute Gasteiger partial charge is 0.145 e. The Morgan fingerprint density at radius 1 is 1.44 bits per heavy atom. The molecule has 0 bridgehead atoms. The molecule has 0 atom stereocenters. The Hall–Kier alpha value is -1.81. The Kier molecular flexibility index (Phi) is 2.92. The minimum absolute atomic E-state index is 0.625. The van der Waals surface area contributed by atoms with Crippen molar-refractivity contribution in [2.75, 3.05) is 12.0 Å². The van der Waals surface area contributed by atoms with Gasteiger partial charge in [-0.15, -0.1) is 0 Å². The first-order chi connectivity index (χ1) is 7.76. The summed E-state index contributed by atoms with van der Waals surface area (Å²) in [6, 6.07) is 7.93. The summed E-state index contributed by atoms with van der Waals surface area (Å²) in [6.45, 7) is 4.55. The maximum absolute atomic E-state index is 5.53. The number of anilines is 1. The molecule has 0 amide bonds. The van der Waals surface area contributed by atoms with Crippen molar-refractivity contribution in [1.29, 1.82) is 0 Å². The highest BCUT2D eigenvalue weighted by molar-refractivity contribution is 5.86. The molecule has 0 aliphatic carbocycles. The zero-order chi connectivity index (χ0) is 11.5. The van der Waals surface area contributed by atoms with E-state index in [1.807, 2.05) is 38.1 Å². The predicted molar refractivity (Wildman–Crippen MR) is 65.5 cm³/mol. The number of nitrogens with zero attached hydrogens (tertiary/aromatic N) is 1. The number of nitrogen functional groups attached to an aromatic ring is 1. The van der Waals surface area contributed by atoms with E-state index in [9.17, 15) is 0 Å². The summed E-state index contributed by atoms with van der Waals surface area (Å²) in [5.74, 6) is 6.88. The van der Waals surface area contributed by atoms with Crippen molar-refractivity contribution < 1.29 is 4.74 Å². The number of aromatic nitrogens is 1. The average Bonchev–Trinajstić information content (AvgIpc) is 2.29. The SMILES string of the molecule is CCOc1cccc2cc(C)c(NN)nc12. The molecule has 0 aliphatic rings. The zero-order valence-electron chi connectivity index (χ0n) is 9.45. The van der Waals surface area contributed by atoms with Crippen LogP contribution in [0.5, 0.6) is 5.75 Å². The fraction of sp³-hybridized carbons (Fsp3) is 0.250. The summed E-state index contributed by atoms with van der Waals surface area (Å²) in [7, 11) is 0. The van der Waals surface area contributed by atoms with E-state index in [2.05, 4.69) is 10.4 Å².